The third kappa shape index (κ3) is 5.26. The summed E-state index contributed by atoms with van der Waals surface area (Å²) < 4.78 is 1.90. The number of nitrogens with one attached hydrogen (secondary N) is 1. The normalized spacial score (nSPS) is 19.7. The number of piperidine rings is 1. The third-order valence-electron chi connectivity index (χ3n) is 6.88. The van der Waals surface area contributed by atoms with Gasteiger partial charge in [0, 0.05) is 31.7 Å². The van der Waals surface area contributed by atoms with Gasteiger partial charge in [-0.2, -0.15) is 0 Å². The predicted octanol–water partition coefficient (Wildman–Crippen LogP) is 4.03. The van der Waals surface area contributed by atoms with E-state index in [9.17, 15) is 9.59 Å². The Morgan fingerprint density at radius 1 is 1.00 bits per heavy atom. The molecule has 2 aliphatic rings. The molecule has 0 spiro atoms. The Hall–Kier alpha value is -2.41. The molecule has 4 rings (SSSR count). The fraction of sp³-hybridized carbons (Fsp3) is 0.625. The van der Waals surface area contributed by atoms with Crippen molar-refractivity contribution in [2.75, 3.05) is 25.0 Å². The molecular formula is C24H34N4O3. The van der Waals surface area contributed by atoms with Crippen molar-refractivity contribution in [3.05, 3.63) is 34.6 Å². The van der Waals surface area contributed by atoms with Gasteiger partial charge >= 0.3 is 5.97 Å². The molecule has 0 unspecified atom stereocenters. The summed E-state index contributed by atoms with van der Waals surface area (Å²) in [5, 5.41) is 11.9. The average Bonchev–Trinajstić information content (AvgIpc) is 2.74. The highest BCUT2D eigenvalue weighted by Gasteiger charge is 2.28. The van der Waals surface area contributed by atoms with Gasteiger partial charge in [0.2, 0.25) is 0 Å². The van der Waals surface area contributed by atoms with E-state index < -0.39 is 5.97 Å². The van der Waals surface area contributed by atoms with Crippen molar-refractivity contribution >= 4 is 22.8 Å². The lowest BCUT2D eigenvalue weighted by molar-refractivity contribution is -0.136. The molecule has 7 heteroatoms. The summed E-state index contributed by atoms with van der Waals surface area (Å²) in [6.45, 7) is 2.25. The summed E-state index contributed by atoms with van der Waals surface area (Å²) in [5.74, 6) is -0.641. The van der Waals surface area contributed by atoms with Crippen LogP contribution in [0.4, 0.5) is 5.82 Å². The lowest BCUT2D eigenvalue weighted by Gasteiger charge is -2.39. The molecule has 2 fully saturated rings. The SMILES string of the molecule is O=C(O)CCNc1nc2ccccc2n(C2CCN(C3CCCCCCC3)CC2)c1=O. The number of para-hydroxylation sites is 2. The van der Waals surface area contributed by atoms with Gasteiger partial charge in [-0.1, -0.05) is 44.2 Å². The predicted molar refractivity (Wildman–Crippen MR) is 123 cm³/mol. The van der Waals surface area contributed by atoms with Crippen molar-refractivity contribution in [2.24, 2.45) is 0 Å². The van der Waals surface area contributed by atoms with Crippen LogP contribution in [0, 0.1) is 0 Å². The monoisotopic (exact) mass is 426 g/mol. The van der Waals surface area contributed by atoms with Crippen molar-refractivity contribution < 1.29 is 9.90 Å². The van der Waals surface area contributed by atoms with E-state index in [-0.39, 0.29) is 30.4 Å². The van der Waals surface area contributed by atoms with Crippen molar-refractivity contribution in [3.63, 3.8) is 0 Å². The van der Waals surface area contributed by atoms with Crippen LogP contribution in [0.2, 0.25) is 0 Å². The van der Waals surface area contributed by atoms with E-state index in [1.807, 2.05) is 28.8 Å². The molecule has 1 aromatic carbocycles. The molecule has 2 aromatic rings. The first-order chi connectivity index (χ1) is 15.1. The number of carboxylic acids is 1. The molecule has 0 atom stereocenters. The first kappa shape index (κ1) is 21.8. The summed E-state index contributed by atoms with van der Waals surface area (Å²) in [5.41, 5.74) is 1.48. The molecular weight excluding hydrogens is 392 g/mol. The molecule has 1 aliphatic heterocycles. The number of nitrogens with zero attached hydrogens (tertiary/aromatic N) is 3. The van der Waals surface area contributed by atoms with Crippen LogP contribution < -0.4 is 10.9 Å². The van der Waals surface area contributed by atoms with Crippen LogP contribution in [-0.4, -0.2) is 51.2 Å². The third-order valence-corrected chi connectivity index (χ3v) is 6.88. The number of aliphatic carboxylic acids is 1. The van der Waals surface area contributed by atoms with Crippen LogP contribution in [0.5, 0.6) is 0 Å². The largest absolute Gasteiger partial charge is 0.481 e. The zero-order valence-electron chi connectivity index (χ0n) is 18.3. The number of carboxylic acid groups (broad SMARTS) is 1. The smallest absolute Gasteiger partial charge is 0.305 e. The molecule has 2 heterocycles. The van der Waals surface area contributed by atoms with Gasteiger partial charge in [-0.3, -0.25) is 9.59 Å². The number of hydrogen-bond acceptors (Lipinski definition) is 5. The van der Waals surface area contributed by atoms with Gasteiger partial charge in [-0.15, -0.1) is 0 Å². The molecule has 1 aliphatic carbocycles. The van der Waals surface area contributed by atoms with Crippen LogP contribution >= 0.6 is 0 Å². The Balaban J connectivity index is 1.52. The quantitative estimate of drug-likeness (QED) is 0.725. The van der Waals surface area contributed by atoms with Crippen molar-refractivity contribution in [3.8, 4) is 0 Å². The Morgan fingerprint density at radius 3 is 2.39 bits per heavy atom. The Morgan fingerprint density at radius 2 is 1.68 bits per heavy atom. The fourth-order valence-corrected chi connectivity index (χ4v) is 5.23. The molecule has 31 heavy (non-hydrogen) atoms. The standard InChI is InChI=1S/C24H34N4O3/c29-22(30)12-15-25-23-24(31)28(21-11-7-6-10-20(21)26-23)19-13-16-27(17-14-19)18-8-4-2-1-3-5-9-18/h6-7,10-11,18-19H,1-5,8-9,12-17H2,(H,25,26)(H,29,30). The maximum absolute atomic E-state index is 13.3. The summed E-state index contributed by atoms with van der Waals surface area (Å²) in [7, 11) is 0. The maximum Gasteiger partial charge on any atom is 0.305 e. The number of anilines is 1. The van der Waals surface area contributed by atoms with Crippen molar-refractivity contribution in [1.82, 2.24) is 14.5 Å². The minimum atomic E-state index is -0.893. The summed E-state index contributed by atoms with van der Waals surface area (Å²) >= 11 is 0. The van der Waals surface area contributed by atoms with E-state index >= 15 is 0 Å². The average molecular weight is 427 g/mol. The molecule has 0 radical (unpaired) electrons. The highest BCUT2D eigenvalue weighted by Crippen LogP contribution is 2.29. The van der Waals surface area contributed by atoms with Crippen LogP contribution in [0.1, 0.15) is 70.3 Å². The number of benzene rings is 1. The second-order valence-electron chi connectivity index (χ2n) is 8.96. The Bertz CT molecular complexity index is 941. The van der Waals surface area contributed by atoms with Gasteiger partial charge in [0.05, 0.1) is 17.5 Å². The molecule has 168 valence electrons. The van der Waals surface area contributed by atoms with Gasteiger partial charge in [0.25, 0.3) is 5.56 Å². The Labute approximate surface area is 183 Å². The fourth-order valence-electron chi connectivity index (χ4n) is 5.23. The molecule has 7 nitrogen and oxygen atoms in total. The lowest BCUT2D eigenvalue weighted by Crippen LogP contribution is -2.43. The zero-order chi connectivity index (χ0) is 21.6. The second-order valence-corrected chi connectivity index (χ2v) is 8.96. The molecule has 1 saturated heterocycles. The van der Waals surface area contributed by atoms with Gasteiger partial charge in [0.1, 0.15) is 0 Å². The van der Waals surface area contributed by atoms with Crippen LogP contribution in [0.15, 0.2) is 29.1 Å². The first-order valence-electron chi connectivity index (χ1n) is 11.8. The minimum Gasteiger partial charge on any atom is -0.481 e. The highest BCUT2D eigenvalue weighted by atomic mass is 16.4. The lowest BCUT2D eigenvalue weighted by atomic mass is 9.93. The number of aromatic nitrogens is 2. The van der Waals surface area contributed by atoms with Gasteiger partial charge in [-0.25, -0.2) is 4.98 Å². The molecule has 1 aromatic heterocycles. The molecule has 0 bridgehead atoms. The van der Waals surface area contributed by atoms with Gasteiger partial charge in [-0.05, 0) is 37.8 Å². The minimum absolute atomic E-state index is 0.0479. The maximum atomic E-state index is 13.3. The number of fused-ring (bicyclic) bond motifs is 1. The van der Waals surface area contributed by atoms with Gasteiger partial charge in [0.15, 0.2) is 5.82 Å². The number of rotatable bonds is 6. The van der Waals surface area contributed by atoms with E-state index in [1.54, 1.807) is 0 Å². The topological polar surface area (TPSA) is 87.5 Å². The second kappa shape index (κ2) is 10.3. The van der Waals surface area contributed by atoms with Crippen molar-refractivity contribution in [2.45, 2.75) is 76.3 Å². The number of carbonyl (C=O) groups is 1. The van der Waals surface area contributed by atoms with Crippen LogP contribution in [0.25, 0.3) is 11.0 Å². The molecule has 2 N–H and O–H groups in total. The molecule has 1 saturated carbocycles. The van der Waals surface area contributed by atoms with E-state index in [1.165, 1.54) is 44.9 Å². The van der Waals surface area contributed by atoms with E-state index in [0.29, 0.717) is 6.04 Å². The number of hydrogen-bond donors (Lipinski definition) is 2. The summed E-state index contributed by atoms with van der Waals surface area (Å²) in [4.78, 5) is 31.3. The highest BCUT2D eigenvalue weighted by molar-refractivity contribution is 5.76. The van der Waals surface area contributed by atoms with Crippen molar-refractivity contribution in [1.29, 1.82) is 0 Å². The molecule has 0 amide bonds. The Kier molecular flexibility index (Phi) is 7.22. The first-order valence-corrected chi connectivity index (χ1v) is 11.8. The number of likely N-dealkylation sites (tertiary alicyclic amines) is 1. The summed E-state index contributed by atoms with van der Waals surface area (Å²) in [6, 6.07) is 8.58. The van der Waals surface area contributed by atoms with Crippen LogP contribution in [0.3, 0.4) is 0 Å². The zero-order valence-corrected chi connectivity index (χ0v) is 18.3. The summed E-state index contributed by atoms with van der Waals surface area (Å²) in [6.07, 6.45) is 11.3. The van der Waals surface area contributed by atoms with E-state index in [4.69, 9.17) is 5.11 Å². The van der Waals surface area contributed by atoms with E-state index in [2.05, 4.69) is 15.2 Å². The van der Waals surface area contributed by atoms with Crippen LogP contribution in [-0.2, 0) is 4.79 Å². The van der Waals surface area contributed by atoms with E-state index in [0.717, 1.165) is 37.0 Å². The van der Waals surface area contributed by atoms with Gasteiger partial charge < -0.3 is 19.9 Å².